The molecule has 0 aromatic heterocycles. The van der Waals surface area contributed by atoms with E-state index < -0.39 is 32.5 Å². The van der Waals surface area contributed by atoms with E-state index in [4.69, 9.17) is 14.5 Å². The maximum atomic E-state index is 14.9. The number of sulfone groups is 1. The van der Waals surface area contributed by atoms with Gasteiger partial charge in [-0.05, 0) is 81.3 Å². The summed E-state index contributed by atoms with van der Waals surface area (Å²) in [6, 6.07) is 17.2. The molecule has 2 amide bonds. The Balaban J connectivity index is 1.63. The van der Waals surface area contributed by atoms with Crippen LogP contribution in [0.25, 0.3) is 0 Å². The number of halogens is 2. The van der Waals surface area contributed by atoms with Crippen molar-refractivity contribution in [3.05, 3.63) is 95.1 Å². The minimum Gasteiger partial charge on any atom is -0.497 e. The molecule has 2 atom stereocenters. The number of benzene rings is 3. The van der Waals surface area contributed by atoms with Gasteiger partial charge in [0.1, 0.15) is 49.9 Å². The minimum absolute atomic E-state index is 0.113. The lowest BCUT2D eigenvalue weighted by Gasteiger charge is -2.47. The van der Waals surface area contributed by atoms with Gasteiger partial charge in [-0.2, -0.15) is 0 Å². The Kier molecular flexibility index (Phi) is 9.93. The highest BCUT2D eigenvalue weighted by Crippen LogP contribution is 2.54. The van der Waals surface area contributed by atoms with Crippen LogP contribution in [0.5, 0.6) is 11.5 Å². The molecule has 2 aliphatic heterocycles. The Bertz CT molecular complexity index is 1730. The third-order valence-electron chi connectivity index (χ3n) is 9.30. The molecular formula is C35H42F2N4O5S. The van der Waals surface area contributed by atoms with Crippen LogP contribution >= 0.6 is 0 Å². The molecule has 0 saturated carbocycles. The van der Waals surface area contributed by atoms with Crippen molar-refractivity contribution in [2.75, 3.05) is 58.4 Å². The molecule has 1 saturated heterocycles. The number of hydrogen-bond acceptors (Lipinski definition) is 7. The summed E-state index contributed by atoms with van der Waals surface area (Å²) in [4.78, 5) is 25.8. The van der Waals surface area contributed by atoms with Crippen LogP contribution < -0.4 is 9.47 Å². The normalized spacial score (nSPS) is 21.9. The first-order chi connectivity index (χ1) is 22.3. The van der Waals surface area contributed by atoms with E-state index in [0.29, 0.717) is 79.8 Å². The van der Waals surface area contributed by atoms with Crippen molar-refractivity contribution in [2.24, 2.45) is 4.99 Å². The second-order valence-corrected chi connectivity index (χ2v) is 14.6. The summed E-state index contributed by atoms with van der Waals surface area (Å²) in [5.74, 6) is 0.696. The molecule has 1 fully saturated rings. The number of amides is 2. The highest BCUT2D eigenvalue weighted by molar-refractivity contribution is 7.90. The van der Waals surface area contributed by atoms with Gasteiger partial charge >= 0.3 is 6.03 Å². The van der Waals surface area contributed by atoms with E-state index in [2.05, 4.69) is 4.90 Å². The van der Waals surface area contributed by atoms with E-state index in [0.717, 1.165) is 0 Å². The molecular weight excluding hydrogens is 626 g/mol. The van der Waals surface area contributed by atoms with Crippen molar-refractivity contribution in [2.45, 2.75) is 38.3 Å². The summed E-state index contributed by atoms with van der Waals surface area (Å²) in [6.07, 6.45) is 1.75. The fourth-order valence-electron chi connectivity index (χ4n) is 6.51. The van der Waals surface area contributed by atoms with Crippen LogP contribution in [0.2, 0.25) is 0 Å². The average Bonchev–Trinajstić information content (AvgIpc) is 3.29. The van der Waals surface area contributed by atoms with E-state index >= 15 is 0 Å². The standard InChI is InChI=1S/C35H42F2N4O5S/c1-6-46-31-24-29(45-4)16-17-30(31)32-38-34(2,25-8-12-27(36)13-9-25)35(3,26-10-14-28(37)15-11-26)41(32)33(42)40-21-19-39(20-22-40)18-7-23-47(5,43)44/h8-17,24H,6-7,18-23H2,1-5H3/t34-,35+/m0/s1. The van der Waals surface area contributed by atoms with E-state index in [9.17, 15) is 22.0 Å². The molecule has 5 rings (SSSR count). The lowest BCUT2D eigenvalue weighted by Crippen LogP contribution is -2.60. The summed E-state index contributed by atoms with van der Waals surface area (Å²) >= 11 is 0. The number of ether oxygens (including phenoxy) is 2. The number of rotatable bonds is 10. The number of carbonyl (C=O) groups excluding carboxylic acids is 1. The van der Waals surface area contributed by atoms with Gasteiger partial charge in [-0.15, -0.1) is 0 Å². The highest BCUT2D eigenvalue weighted by Gasteiger charge is 2.60. The molecule has 12 heteroatoms. The topological polar surface area (TPSA) is 91.8 Å². The van der Waals surface area contributed by atoms with Gasteiger partial charge in [0.15, 0.2) is 0 Å². The van der Waals surface area contributed by atoms with Crippen LogP contribution in [0.15, 0.2) is 71.7 Å². The predicted octanol–water partition coefficient (Wildman–Crippen LogP) is 5.44. The Morgan fingerprint density at radius 3 is 2.06 bits per heavy atom. The zero-order valence-corrected chi connectivity index (χ0v) is 28.3. The van der Waals surface area contributed by atoms with Gasteiger partial charge in [0.2, 0.25) is 0 Å². The molecule has 0 bridgehead atoms. The predicted molar refractivity (Wildman–Crippen MR) is 178 cm³/mol. The number of piperazine rings is 1. The number of hydrogen-bond donors (Lipinski definition) is 0. The summed E-state index contributed by atoms with van der Waals surface area (Å²) in [6.45, 7) is 8.62. The van der Waals surface area contributed by atoms with Crippen molar-refractivity contribution in [1.82, 2.24) is 14.7 Å². The zero-order chi connectivity index (χ0) is 34.0. The molecule has 0 unspecified atom stereocenters. The lowest BCUT2D eigenvalue weighted by molar-refractivity contribution is 0.0868. The van der Waals surface area contributed by atoms with Crippen molar-refractivity contribution in [3.63, 3.8) is 0 Å². The van der Waals surface area contributed by atoms with Gasteiger partial charge < -0.3 is 14.4 Å². The van der Waals surface area contributed by atoms with Gasteiger partial charge in [0.25, 0.3) is 0 Å². The molecule has 0 spiro atoms. The maximum Gasteiger partial charge on any atom is 0.326 e. The summed E-state index contributed by atoms with van der Waals surface area (Å²) < 4.78 is 63.3. The first kappa shape index (κ1) is 34.3. The third-order valence-corrected chi connectivity index (χ3v) is 10.3. The van der Waals surface area contributed by atoms with Crippen molar-refractivity contribution in [3.8, 4) is 11.5 Å². The Labute approximate surface area is 275 Å². The number of methoxy groups -OCH3 is 1. The first-order valence-electron chi connectivity index (χ1n) is 15.7. The Hall–Kier alpha value is -4.03. The first-order valence-corrected chi connectivity index (χ1v) is 17.8. The SMILES string of the molecule is CCOc1cc(OC)ccc1C1=N[C@@](C)(c2ccc(F)cc2)[C@@](C)(c2ccc(F)cc2)N1C(=O)N1CCN(CCCS(C)(=O)=O)CC1. The van der Waals surface area contributed by atoms with Crippen LogP contribution in [-0.2, 0) is 20.9 Å². The molecule has 3 aromatic carbocycles. The average molecular weight is 669 g/mol. The van der Waals surface area contributed by atoms with Gasteiger partial charge in [0.05, 0.1) is 25.0 Å². The van der Waals surface area contributed by atoms with Crippen LogP contribution in [0.3, 0.4) is 0 Å². The molecule has 252 valence electrons. The Morgan fingerprint density at radius 1 is 0.915 bits per heavy atom. The number of amidine groups is 1. The molecule has 3 aromatic rings. The molecule has 0 radical (unpaired) electrons. The van der Waals surface area contributed by atoms with Crippen LogP contribution in [0.4, 0.5) is 13.6 Å². The number of carbonyl (C=O) groups is 1. The molecule has 9 nitrogen and oxygen atoms in total. The molecule has 0 N–H and O–H groups in total. The van der Waals surface area contributed by atoms with Gasteiger partial charge in [-0.1, -0.05) is 24.3 Å². The van der Waals surface area contributed by atoms with Crippen LogP contribution in [0.1, 0.15) is 43.9 Å². The van der Waals surface area contributed by atoms with Gasteiger partial charge in [-0.3, -0.25) is 14.8 Å². The summed E-state index contributed by atoms with van der Waals surface area (Å²) in [5, 5.41) is 0. The van der Waals surface area contributed by atoms with Gasteiger partial charge in [0, 0.05) is 38.5 Å². The third kappa shape index (κ3) is 6.85. The van der Waals surface area contributed by atoms with E-state index in [-0.39, 0.29) is 11.8 Å². The second kappa shape index (κ2) is 13.6. The van der Waals surface area contributed by atoms with Gasteiger partial charge in [-0.25, -0.2) is 22.0 Å². The van der Waals surface area contributed by atoms with Crippen molar-refractivity contribution in [1.29, 1.82) is 0 Å². The molecule has 2 heterocycles. The summed E-state index contributed by atoms with van der Waals surface area (Å²) in [7, 11) is -1.50. The highest BCUT2D eigenvalue weighted by atomic mass is 32.2. The fourth-order valence-corrected chi connectivity index (χ4v) is 7.16. The second-order valence-electron chi connectivity index (χ2n) is 12.3. The summed E-state index contributed by atoms with van der Waals surface area (Å²) in [5.41, 5.74) is -0.481. The maximum absolute atomic E-state index is 14.9. The largest absolute Gasteiger partial charge is 0.497 e. The fraction of sp³-hybridized carbons (Fsp3) is 0.429. The van der Waals surface area contributed by atoms with E-state index in [1.165, 1.54) is 30.5 Å². The molecule has 2 aliphatic rings. The zero-order valence-electron chi connectivity index (χ0n) is 27.5. The van der Waals surface area contributed by atoms with Crippen LogP contribution in [-0.4, -0.2) is 93.4 Å². The molecule has 47 heavy (non-hydrogen) atoms. The monoisotopic (exact) mass is 668 g/mol. The lowest BCUT2D eigenvalue weighted by atomic mass is 9.71. The van der Waals surface area contributed by atoms with Crippen molar-refractivity contribution < 1.29 is 31.5 Å². The number of aliphatic imine (C=N–C) groups is 1. The smallest absolute Gasteiger partial charge is 0.326 e. The number of nitrogens with zero attached hydrogens (tertiary/aromatic N) is 4. The van der Waals surface area contributed by atoms with E-state index in [1.807, 2.05) is 26.8 Å². The van der Waals surface area contributed by atoms with E-state index in [1.54, 1.807) is 53.3 Å². The molecule has 0 aliphatic carbocycles. The Morgan fingerprint density at radius 2 is 1.51 bits per heavy atom. The number of urea groups is 1. The quantitative estimate of drug-likeness (QED) is 0.286. The van der Waals surface area contributed by atoms with Crippen molar-refractivity contribution >= 4 is 21.7 Å². The minimum atomic E-state index is -3.06. The van der Waals surface area contributed by atoms with Crippen LogP contribution in [0, 0.1) is 11.6 Å².